The Labute approximate surface area is 151 Å². The quantitative estimate of drug-likeness (QED) is 0.284. The van der Waals surface area contributed by atoms with Crippen LogP contribution in [0.2, 0.25) is 0 Å². The van der Waals surface area contributed by atoms with E-state index in [1.165, 1.54) is 6.92 Å². The molecule has 0 aromatic heterocycles. The summed E-state index contributed by atoms with van der Waals surface area (Å²) >= 11 is 5.57. The van der Waals surface area contributed by atoms with Crippen LogP contribution in [0.5, 0.6) is 0 Å². The van der Waals surface area contributed by atoms with Crippen LogP contribution in [0.25, 0.3) is 0 Å². The third kappa shape index (κ3) is 2.08. The fourth-order valence-electron chi connectivity index (χ4n) is 2.24. The second kappa shape index (κ2) is 5.64. The number of amides is 1. The van der Waals surface area contributed by atoms with Crippen LogP contribution in [0.3, 0.4) is 0 Å². The third-order valence-electron chi connectivity index (χ3n) is 3.30. The smallest absolute Gasteiger partial charge is 0.548 e. The van der Waals surface area contributed by atoms with Gasteiger partial charge in [0.25, 0.3) is 0 Å². The topological polar surface area (TPSA) is 126 Å². The Balaban J connectivity index is 0.00000144. The minimum atomic E-state index is -3.75. The maximum absolute atomic E-state index is 12.0. The molecule has 0 aromatic rings. The molecule has 98 valence electrons. The summed E-state index contributed by atoms with van der Waals surface area (Å²) < 4.78 is 22.3. The van der Waals surface area contributed by atoms with Crippen LogP contribution in [-0.4, -0.2) is 52.7 Å². The van der Waals surface area contributed by atoms with Crippen LogP contribution in [0.15, 0.2) is 0 Å². The second-order valence-electron chi connectivity index (χ2n) is 4.17. The normalized spacial score (nSPS) is 35.9. The fourth-order valence-corrected chi connectivity index (χ4v) is 5.04. The molecular weight excluding hydrogens is 313 g/mol. The van der Waals surface area contributed by atoms with Gasteiger partial charge in [0.1, 0.15) is 10.1 Å². The van der Waals surface area contributed by atoms with Crippen molar-refractivity contribution in [2.45, 2.75) is 29.5 Å². The van der Waals surface area contributed by atoms with Gasteiger partial charge in [-0.05, 0) is 6.92 Å². The minimum Gasteiger partial charge on any atom is -0.548 e. The van der Waals surface area contributed by atoms with Crippen LogP contribution in [0.4, 0.5) is 0 Å². The van der Waals surface area contributed by atoms with Crippen LogP contribution in [0.1, 0.15) is 13.3 Å². The maximum atomic E-state index is 12.0. The summed E-state index contributed by atoms with van der Waals surface area (Å²) in [5, 5.41) is 9.92. The van der Waals surface area contributed by atoms with Crippen LogP contribution in [0, 0.1) is 0 Å². The number of fused-ring (bicyclic) bond motifs is 1. The molecule has 0 saturated carbocycles. The molecule has 10 heteroatoms. The van der Waals surface area contributed by atoms with E-state index in [1.54, 1.807) is 0 Å². The summed E-state index contributed by atoms with van der Waals surface area (Å²) in [6.45, 7) is 1.24. The molecule has 0 unspecified atom stereocenters. The van der Waals surface area contributed by atoms with Gasteiger partial charge in [0.2, 0.25) is 5.91 Å². The predicted octanol–water partition coefficient (Wildman–Crippen LogP) is -5.73. The van der Waals surface area contributed by atoms with E-state index < -0.39 is 37.9 Å². The number of nitrogens with zero attached hydrogens (tertiary/aromatic N) is 1. The van der Waals surface area contributed by atoms with Gasteiger partial charge in [-0.3, -0.25) is 4.79 Å². The Kier molecular flexibility index (Phi) is 5.89. The molecule has 0 aromatic carbocycles. The van der Waals surface area contributed by atoms with Gasteiger partial charge >= 0.3 is 51.4 Å². The number of rotatable bonds is 2. The van der Waals surface area contributed by atoms with Crippen molar-refractivity contribution in [1.29, 1.82) is 0 Å². The first-order valence-electron chi connectivity index (χ1n) is 4.59. The van der Waals surface area contributed by atoms with E-state index in [9.17, 15) is 23.1 Å². The molecule has 0 aliphatic carbocycles. The number of alkyl halides is 1. The molecule has 0 spiro atoms. The van der Waals surface area contributed by atoms with Crippen LogP contribution in [-0.2, 0) is 19.4 Å². The first kappa shape index (κ1) is 18.8. The molecular formula is C8H11ClKNO6S. The number of carbonyl (C=O) groups excluding carboxylic acids is 2. The Bertz CT molecular complexity index is 482. The van der Waals surface area contributed by atoms with Crippen molar-refractivity contribution in [3.05, 3.63) is 0 Å². The Morgan fingerprint density at radius 3 is 2.44 bits per heavy atom. The largest absolute Gasteiger partial charge is 1.00 e. The number of carboxylic acids is 1. The number of carbonyl (C=O) groups is 2. The third-order valence-corrected chi connectivity index (χ3v) is 6.79. The summed E-state index contributed by atoms with van der Waals surface area (Å²) in [4.78, 5) is 23.1. The monoisotopic (exact) mass is 323 g/mol. The zero-order valence-corrected chi connectivity index (χ0v) is 14.5. The van der Waals surface area contributed by atoms with Gasteiger partial charge < -0.3 is 20.3 Å². The minimum absolute atomic E-state index is 0. The Hall–Kier alpha value is 0.776. The summed E-state index contributed by atoms with van der Waals surface area (Å²) in [6, 6.07) is -1.48. The summed E-state index contributed by atoms with van der Waals surface area (Å²) in [7, 11) is -3.75. The van der Waals surface area contributed by atoms with Crippen molar-refractivity contribution >= 4 is 33.3 Å². The van der Waals surface area contributed by atoms with Crippen LogP contribution < -0.4 is 56.5 Å². The Morgan fingerprint density at radius 2 is 2.11 bits per heavy atom. The number of hydrogen-bond acceptors (Lipinski definition) is 5. The first-order chi connectivity index (χ1) is 7.27. The van der Waals surface area contributed by atoms with Crippen molar-refractivity contribution in [2.75, 3.05) is 5.88 Å². The van der Waals surface area contributed by atoms with Gasteiger partial charge in [-0.1, -0.05) is 0 Å². The van der Waals surface area contributed by atoms with Crippen molar-refractivity contribution in [1.82, 2.24) is 4.90 Å². The van der Waals surface area contributed by atoms with Gasteiger partial charge in [0, 0.05) is 5.88 Å². The predicted molar refractivity (Wildman–Crippen MR) is 55.7 cm³/mol. The molecule has 2 aliphatic heterocycles. The fraction of sp³-hybridized carbons (Fsp3) is 0.750. The van der Waals surface area contributed by atoms with Crippen molar-refractivity contribution in [2.24, 2.45) is 0 Å². The molecule has 2 heterocycles. The molecule has 18 heavy (non-hydrogen) atoms. The Morgan fingerprint density at radius 1 is 1.61 bits per heavy atom. The SMILES string of the molecule is C[C@]1(CCl)[C@H](C(=O)[O-])N2C(=O)C[C@@H]2S1(=O)=O.O.[K+]. The number of halogens is 1. The molecule has 2 N–H and O–H groups in total. The average Bonchev–Trinajstić information content (AvgIpc) is 2.32. The van der Waals surface area contributed by atoms with E-state index in [1.807, 2.05) is 0 Å². The van der Waals surface area contributed by atoms with Crippen molar-refractivity contribution in [3.63, 3.8) is 0 Å². The first-order valence-corrected chi connectivity index (χ1v) is 6.67. The number of β-lactam (4-membered cyclic amide) rings is 1. The zero-order chi connectivity index (χ0) is 12.3. The zero-order valence-electron chi connectivity index (χ0n) is 9.84. The number of hydrogen-bond donors (Lipinski definition) is 0. The van der Waals surface area contributed by atoms with Gasteiger partial charge in [-0.15, -0.1) is 11.6 Å². The molecule has 2 fully saturated rings. The molecule has 1 amide bonds. The molecule has 7 nitrogen and oxygen atoms in total. The van der Waals surface area contributed by atoms with E-state index in [-0.39, 0.29) is 69.2 Å². The molecule has 2 rings (SSSR count). The van der Waals surface area contributed by atoms with Gasteiger partial charge in [0.15, 0.2) is 9.84 Å². The summed E-state index contributed by atoms with van der Waals surface area (Å²) in [5.41, 5.74) is 0. The molecule has 0 bridgehead atoms. The van der Waals surface area contributed by atoms with E-state index in [0.29, 0.717) is 0 Å². The molecule has 2 saturated heterocycles. The van der Waals surface area contributed by atoms with E-state index in [4.69, 9.17) is 11.6 Å². The standard InChI is InChI=1S/C8H10ClNO5S.K.H2O/c1-8(3-9)6(7(12)13)10-4(11)2-5(10)16(8,14)15;;/h5-6H,2-3H2,1H3,(H,12,13);;1H2/q;+1;/p-1/t5-,6-,8-;;/m0../s1. The summed E-state index contributed by atoms with van der Waals surface area (Å²) in [6.07, 6.45) is -0.168. The van der Waals surface area contributed by atoms with E-state index >= 15 is 0 Å². The molecule has 0 radical (unpaired) electrons. The van der Waals surface area contributed by atoms with Crippen molar-refractivity contribution < 1.29 is 80.0 Å². The van der Waals surface area contributed by atoms with E-state index in [2.05, 4.69) is 0 Å². The molecule has 2 aliphatic rings. The van der Waals surface area contributed by atoms with E-state index in [0.717, 1.165) is 4.90 Å². The van der Waals surface area contributed by atoms with Crippen LogP contribution >= 0.6 is 11.6 Å². The van der Waals surface area contributed by atoms with Gasteiger partial charge in [0.05, 0.1) is 18.4 Å². The second-order valence-corrected chi connectivity index (χ2v) is 7.01. The maximum Gasteiger partial charge on any atom is 1.00 e. The van der Waals surface area contributed by atoms with Gasteiger partial charge in [-0.2, -0.15) is 0 Å². The number of sulfone groups is 1. The average molecular weight is 324 g/mol. The molecule has 3 atom stereocenters. The summed E-state index contributed by atoms with van der Waals surface area (Å²) in [5.74, 6) is -2.45. The number of carboxylic acid groups (broad SMARTS) is 1. The van der Waals surface area contributed by atoms with Gasteiger partial charge in [-0.25, -0.2) is 8.42 Å². The number of aliphatic carboxylic acids is 1. The van der Waals surface area contributed by atoms with Crippen molar-refractivity contribution in [3.8, 4) is 0 Å².